The Balaban J connectivity index is 1.66. The summed E-state index contributed by atoms with van der Waals surface area (Å²) < 4.78 is 5.08. The highest BCUT2D eigenvalue weighted by atomic mass is 16.5. The number of hydrogen-bond acceptors (Lipinski definition) is 4. The number of carbonyl (C=O) groups excluding carboxylic acids is 2. The molecule has 3 aromatic carbocycles. The first-order chi connectivity index (χ1) is 15.1. The van der Waals surface area contributed by atoms with Crippen molar-refractivity contribution in [3.8, 4) is 6.07 Å². The third-order valence-electron chi connectivity index (χ3n) is 4.63. The van der Waals surface area contributed by atoms with Crippen LogP contribution in [0.15, 0.2) is 90.5 Å². The number of aryl methyl sites for hydroxylation is 1. The lowest BCUT2D eigenvalue weighted by Gasteiger charge is -2.19. The van der Waals surface area contributed by atoms with Crippen molar-refractivity contribution in [1.82, 2.24) is 5.32 Å². The average molecular weight is 410 g/mol. The van der Waals surface area contributed by atoms with E-state index >= 15 is 0 Å². The Morgan fingerprint density at radius 1 is 0.935 bits per heavy atom. The first kappa shape index (κ1) is 21.5. The van der Waals surface area contributed by atoms with Crippen molar-refractivity contribution >= 4 is 18.0 Å². The molecule has 0 aliphatic carbocycles. The molecule has 0 saturated heterocycles. The third kappa shape index (κ3) is 6.15. The Bertz CT molecular complexity index is 1060. The second-order valence-corrected chi connectivity index (χ2v) is 6.98. The van der Waals surface area contributed by atoms with Crippen LogP contribution < -0.4 is 5.32 Å². The van der Waals surface area contributed by atoms with Crippen LogP contribution in [0.2, 0.25) is 0 Å². The van der Waals surface area contributed by atoms with Crippen LogP contribution >= 0.6 is 0 Å². The summed E-state index contributed by atoms with van der Waals surface area (Å²) >= 11 is 0. The van der Waals surface area contributed by atoms with E-state index in [-0.39, 0.29) is 11.6 Å². The monoisotopic (exact) mass is 410 g/mol. The minimum Gasteiger partial charge on any atom is -0.451 e. The van der Waals surface area contributed by atoms with Crippen molar-refractivity contribution < 1.29 is 14.3 Å². The van der Waals surface area contributed by atoms with E-state index in [2.05, 4.69) is 5.32 Å². The second-order valence-electron chi connectivity index (χ2n) is 6.98. The average Bonchev–Trinajstić information content (AvgIpc) is 2.81. The highest BCUT2D eigenvalue weighted by molar-refractivity contribution is 5.98. The summed E-state index contributed by atoms with van der Waals surface area (Å²) in [5, 5.41) is 12.2. The number of rotatable bonds is 7. The zero-order valence-electron chi connectivity index (χ0n) is 17.1. The SMILES string of the molecule is Cc1ccc(/C=C(\C#N)C(=O)OCC(=O)NC(c2ccccc2)c2ccccc2)cc1. The Morgan fingerprint density at radius 3 is 2.00 bits per heavy atom. The molecule has 0 aliphatic rings. The van der Waals surface area contributed by atoms with Crippen LogP contribution in [-0.4, -0.2) is 18.5 Å². The van der Waals surface area contributed by atoms with E-state index in [1.807, 2.05) is 85.8 Å². The summed E-state index contributed by atoms with van der Waals surface area (Å²) in [7, 11) is 0. The normalized spacial score (nSPS) is 10.9. The van der Waals surface area contributed by atoms with Crippen molar-refractivity contribution in [1.29, 1.82) is 5.26 Å². The van der Waals surface area contributed by atoms with E-state index < -0.39 is 18.5 Å². The van der Waals surface area contributed by atoms with Gasteiger partial charge in [0.05, 0.1) is 6.04 Å². The number of hydrogen-bond donors (Lipinski definition) is 1. The molecule has 154 valence electrons. The molecule has 0 unspecified atom stereocenters. The van der Waals surface area contributed by atoms with Gasteiger partial charge in [0.25, 0.3) is 5.91 Å². The van der Waals surface area contributed by atoms with Gasteiger partial charge in [-0.3, -0.25) is 4.79 Å². The number of nitrogens with one attached hydrogen (secondary N) is 1. The lowest BCUT2D eigenvalue weighted by molar-refractivity contribution is -0.144. The van der Waals surface area contributed by atoms with Crippen LogP contribution in [0, 0.1) is 18.3 Å². The van der Waals surface area contributed by atoms with Crippen LogP contribution in [0.1, 0.15) is 28.3 Å². The number of ether oxygens (including phenoxy) is 1. The summed E-state index contributed by atoms with van der Waals surface area (Å²) in [6.45, 7) is 1.46. The van der Waals surface area contributed by atoms with Gasteiger partial charge in [-0.15, -0.1) is 0 Å². The summed E-state index contributed by atoms with van der Waals surface area (Å²) in [5.41, 5.74) is 3.42. The zero-order valence-corrected chi connectivity index (χ0v) is 17.1. The maximum atomic E-state index is 12.5. The minimum absolute atomic E-state index is 0.167. The molecular formula is C26H22N2O3. The molecule has 31 heavy (non-hydrogen) atoms. The molecular weight excluding hydrogens is 388 g/mol. The smallest absolute Gasteiger partial charge is 0.349 e. The summed E-state index contributed by atoms with van der Waals surface area (Å²) in [4.78, 5) is 24.8. The van der Waals surface area contributed by atoms with E-state index in [1.165, 1.54) is 6.08 Å². The van der Waals surface area contributed by atoms with Crippen LogP contribution in [0.25, 0.3) is 6.08 Å². The van der Waals surface area contributed by atoms with Gasteiger partial charge in [0.2, 0.25) is 0 Å². The first-order valence-corrected chi connectivity index (χ1v) is 9.81. The largest absolute Gasteiger partial charge is 0.451 e. The fourth-order valence-electron chi connectivity index (χ4n) is 3.03. The molecule has 5 nitrogen and oxygen atoms in total. The molecule has 0 aromatic heterocycles. The molecule has 1 N–H and O–H groups in total. The summed E-state index contributed by atoms with van der Waals surface area (Å²) in [6, 6.07) is 27.9. The van der Waals surface area contributed by atoms with Gasteiger partial charge >= 0.3 is 5.97 Å². The van der Waals surface area contributed by atoms with Gasteiger partial charge in [-0.05, 0) is 29.7 Å². The molecule has 0 fully saturated rings. The molecule has 0 heterocycles. The predicted molar refractivity (Wildman–Crippen MR) is 119 cm³/mol. The van der Waals surface area contributed by atoms with Gasteiger partial charge in [0.1, 0.15) is 11.6 Å². The lowest BCUT2D eigenvalue weighted by atomic mass is 9.99. The first-order valence-electron chi connectivity index (χ1n) is 9.81. The lowest BCUT2D eigenvalue weighted by Crippen LogP contribution is -2.33. The van der Waals surface area contributed by atoms with Gasteiger partial charge < -0.3 is 10.1 Å². The van der Waals surface area contributed by atoms with Crippen molar-refractivity contribution in [2.45, 2.75) is 13.0 Å². The van der Waals surface area contributed by atoms with Crippen molar-refractivity contribution in [3.63, 3.8) is 0 Å². The number of nitrogens with zero attached hydrogens (tertiary/aromatic N) is 1. The highest BCUT2D eigenvalue weighted by Crippen LogP contribution is 2.21. The van der Waals surface area contributed by atoms with Crippen molar-refractivity contribution in [3.05, 3.63) is 113 Å². The number of carbonyl (C=O) groups is 2. The Kier molecular flexibility index (Phi) is 7.34. The van der Waals surface area contributed by atoms with E-state index in [0.717, 1.165) is 16.7 Å². The van der Waals surface area contributed by atoms with Crippen molar-refractivity contribution in [2.24, 2.45) is 0 Å². The van der Waals surface area contributed by atoms with Gasteiger partial charge in [-0.2, -0.15) is 5.26 Å². The number of benzene rings is 3. The van der Waals surface area contributed by atoms with Gasteiger partial charge in [-0.1, -0.05) is 90.5 Å². The second kappa shape index (κ2) is 10.6. The highest BCUT2D eigenvalue weighted by Gasteiger charge is 2.18. The Labute approximate surface area is 181 Å². The third-order valence-corrected chi connectivity index (χ3v) is 4.63. The quantitative estimate of drug-likeness (QED) is 0.357. The molecule has 3 rings (SSSR count). The molecule has 1 amide bonds. The molecule has 0 radical (unpaired) electrons. The van der Waals surface area contributed by atoms with Crippen LogP contribution in [0.5, 0.6) is 0 Å². The minimum atomic E-state index is -0.839. The van der Waals surface area contributed by atoms with Gasteiger partial charge in [0.15, 0.2) is 6.61 Å². The molecule has 0 spiro atoms. The van der Waals surface area contributed by atoms with E-state index in [9.17, 15) is 14.9 Å². The zero-order chi connectivity index (χ0) is 22.1. The van der Waals surface area contributed by atoms with Gasteiger partial charge in [0, 0.05) is 0 Å². The van der Waals surface area contributed by atoms with Crippen LogP contribution in [0.3, 0.4) is 0 Å². The van der Waals surface area contributed by atoms with Crippen LogP contribution in [0.4, 0.5) is 0 Å². The standard InChI is InChI=1S/C26H22N2O3/c1-19-12-14-20(15-13-19)16-23(17-27)26(30)31-18-24(29)28-25(21-8-4-2-5-9-21)22-10-6-3-7-11-22/h2-16,25H,18H2,1H3,(H,28,29)/b23-16+. The molecule has 0 saturated carbocycles. The molecule has 3 aromatic rings. The summed E-state index contributed by atoms with van der Waals surface area (Å²) in [6.07, 6.45) is 1.44. The Hall–Kier alpha value is -4.17. The number of amides is 1. The summed E-state index contributed by atoms with van der Waals surface area (Å²) in [5.74, 6) is -1.30. The van der Waals surface area contributed by atoms with E-state index in [4.69, 9.17) is 4.74 Å². The predicted octanol–water partition coefficient (Wildman–Crippen LogP) is 4.35. The van der Waals surface area contributed by atoms with Crippen molar-refractivity contribution in [2.75, 3.05) is 6.61 Å². The van der Waals surface area contributed by atoms with E-state index in [0.29, 0.717) is 5.56 Å². The fraction of sp³-hybridized carbons (Fsp3) is 0.115. The number of esters is 1. The van der Waals surface area contributed by atoms with Gasteiger partial charge in [-0.25, -0.2) is 4.79 Å². The molecule has 0 aliphatic heterocycles. The molecule has 5 heteroatoms. The topological polar surface area (TPSA) is 79.2 Å². The fourth-order valence-corrected chi connectivity index (χ4v) is 3.03. The molecule has 0 bridgehead atoms. The Morgan fingerprint density at radius 2 is 1.48 bits per heavy atom. The van der Waals surface area contributed by atoms with Crippen LogP contribution in [-0.2, 0) is 14.3 Å². The number of nitriles is 1. The van der Waals surface area contributed by atoms with E-state index in [1.54, 1.807) is 12.1 Å². The maximum Gasteiger partial charge on any atom is 0.349 e. The maximum absolute atomic E-state index is 12.5. The molecule has 0 atom stereocenters.